The molecule has 2 aliphatic carbocycles. The molecule has 2 amide bonds. The Labute approximate surface area is 269 Å². The Bertz CT molecular complexity index is 2030. The van der Waals surface area contributed by atoms with E-state index in [0.29, 0.717) is 29.8 Å². The maximum Gasteiger partial charge on any atom is 0.586 e. The summed E-state index contributed by atoms with van der Waals surface area (Å²) in [6.07, 6.45) is 0.979. The minimum atomic E-state index is -3.89. The van der Waals surface area contributed by atoms with Crippen LogP contribution < -0.4 is 25.3 Å². The SMILES string of the molecule is C[C@]1(C(N)=O)COc2c(-c3ccc4c(c3)OC(F)(F)O4)nc([C@@](O)(CNC(=O)c3cc(Cl)c4nn(C5CC5)cc4c3)C3CC3)c(F)c21. The molecule has 0 bridgehead atoms. The molecule has 4 heterocycles. The summed E-state index contributed by atoms with van der Waals surface area (Å²) in [5, 5.41) is 20.4. The number of benzene rings is 2. The number of fused-ring (bicyclic) bond motifs is 3. The molecule has 2 aliphatic heterocycles. The van der Waals surface area contributed by atoms with E-state index in [1.165, 1.54) is 31.2 Å². The second kappa shape index (κ2) is 9.97. The van der Waals surface area contributed by atoms with Crippen LogP contribution in [0.3, 0.4) is 0 Å². The Morgan fingerprint density at radius 1 is 1.17 bits per heavy atom. The van der Waals surface area contributed by atoms with Gasteiger partial charge in [-0.2, -0.15) is 5.10 Å². The maximum absolute atomic E-state index is 16.7. The molecule has 8 rings (SSSR count). The Balaban J connectivity index is 1.19. The van der Waals surface area contributed by atoms with Gasteiger partial charge in [-0.05, 0) is 68.9 Å². The molecule has 0 unspecified atom stereocenters. The van der Waals surface area contributed by atoms with Gasteiger partial charge in [0.15, 0.2) is 23.1 Å². The number of alkyl halides is 2. The van der Waals surface area contributed by atoms with Crippen LogP contribution in [0, 0.1) is 11.7 Å². The number of amides is 2. The maximum atomic E-state index is 16.7. The summed E-state index contributed by atoms with van der Waals surface area (Å²) in [5.41, 5.74) is 2.23. The number of pyridine rings is 1. The van der Waals surface area contributed by atoms with Crippen LogP contribution in [0.4, 0.5) is 13.2 Å². The van der Waals surface area contributed by atoms with Crippen molar-refractivity contribution in [1.29, 1.82) is 0 Å². The van der Waals surface area contributed by atoms with Gasteiger partial charge >= 0.3 is 6.29 Å². The smallest absolute Gasteiger partial charge is 0.489 e. The zero-order valence-electron chi connectivity index (χ0n) is 24.8. The summed E-state index contributed by atoms with van der Waals surface area (Å²) < 4.78 is 61.0. The lowest BCUT2D eigenvalue weighted by atomic mass is 9.80. The van der Waals surface area contributed by atoms with Gasteiger partial charge in [-0.1, -0.05) is 11.6 Å². The zero-order valence-corrected chi connectivity index (χ0v) is 25.5. The Kier molecular flexibility index (Phi) is 6.33. The van der Waals surface area contributed by atoms with Crippen molar-refractivity contribution in [3.8, 4) is 28.5 Å². The Morgan fingerprint density at radius 2 is 1.91 bits per heavy atom. The van der Waals surface area contributed by atoms with Crippen LogP contribution in [-0.2, 0) is 15.8 Å². The van der Waals surface area contributed by atoms with Crippen LogP contribution in [0.1, 0.15) is 60.3 Å². The van der Waals surface area contributed by atoms with Crippen molar-refractivity contribution < 1.29 is 42.1 Å². The summed E-state index contributed by atoms with van der Waals surface area (Å²) in [5.74, 6) is -3.63. The first-order valence-corrected chi connectivity index (χ1v) is 15.4. The minimum absolute atomic E-state index is 0.0432. The quantitative estimate of drug-likeness (QED) is 0.244. The van der Waals surface area contributed by atoms with E-state index < -0.39 is 53.1 Å². The Morgan fingerprint density at radius 3 is 2.62 bits per heavy atom. The predicted octanol–water partition coefficient (Wildman–Crippen LogP) is 4.71. The fourth-order valence-electron chi connectivity index (χ4n) is 6.31. The largest absolute Gasteiger partial charge is 0.586 e. The number of nitrogens with one attached hydrogen (secondary N) is 1. The molecule has 11 nitrogen and oxygen atoms in total. The number of primary amides is 1. The lowest BCUT2D eigenvalue weighted by molar-refractivity contribution is -0.286. The van der Waals surface area contributed by atoms with Crippen molar-refractivity contribution in [2.45, 2.75) is 56.0 Å². The predicted molar refractivity (Wildman–Crippen MR) is 160 cm³/mol. The molecule has 4 aromatic rings. The molecule has 0 saturated heterocycles. The van der Waals surface area contributed by atoms with Gasteiger partial charge in [-0.25, -0.2) is 9.37 Å². The molecule has 15 heteroatoms. The normalized spacial score (nSPS) is 22.1. The third kappa shape index (κ3) is 4.75. The standard InChI is InChI=1S/C32H27ClF3N5O6/c1-30(29(37)43)13-45-26-22(30)23(34)27(39-25(26)14-2-7-20-21(10-14)47-32(35,36)46-20)31(44,17-3-4-17)12-38-28(42)15-8-16-11-41(18-5-6-18)40-24(16)19(33)9-15/h2,7-11,17-18,44H,3-6,12-13H2,1H3,(H2,37,43)(H,38,42)/t30-,31+/m0/s1. The van der Waals surface area contributed by atoms with E-state index in [1.54, 1.807) is 6.07 Å². The monoisotopic (exact) mass is 669 g/mol. The van der Waals surface area contributed by atoms with E-state index in [2.05, 4.69) is 24.9 Å². The fraction of sp³-hybridized carbons (Fsp3) is 0.375. The van der Waals surface area contributed by atoms with Gasteiger partial charge in [0.1, 0.15) is 34.5 Å². The van der Waals surface area contributed by atoms with Gasteiger partial charge < -0.3 is 30.4 Å². The highest BCUT2D eigenvalue weighted by Crippen LogP contribution is 2.52. The van der Waals surface area contributed by atoms with E-state index in [4.69, 9.17) is 22.1 Å². The molecule has 0 spiro atoms. The molecule has 0 radical (unpaired) electrons. The van der Waals surface area contributed by atoms with Gasteiger partial charge in [0.05, 0.1) is 23.2 Å². The van der Waals surface area contributed by atoms with Crippen molar-refractivity contribution in [2.75, 3.05) is 13.2 Å². The van der Waals surface area contributed by atoms with E-state index in [-0.39, 0.29) is 51.3 Å². The summed E-state index contributed by atoms with van der Waals surface area (Å²) >= 11 is 6.47. The lowest BCUT2D eigenvalue weighted by Crippen LogP contribution is -2.45. The van der Waals surface area contributed by atoms with Gasteiger partial charge in [-0.3, -0.25) is 14.3 Å². The topological polar surface area (TPSA) is 151 Å². The van der Waals surface area contributed by atoms with Crippen molar-refractivity contribution in [3.63, 3.8) is 0 Å². The second-order valence-corrected chi connectivity index (χ2v) is 13.2. The highest BCUT2D eigenvalue weighted by atomic mass is 35.5. The lowest BCUT2D eigenvalue weighted by Gasteiger charge is -2.30. The molecule has 4 N–H and O–H groups in total. The molecule has 4 aliphatic rings. The van der Waals surface area contributed by atoms with Crippen LogP contribution in [0.25, 0.3) is 22.2 Å². The van der Waals surface area contributed by atoms with Crippen LogP contribution in [0.2, 0.25) is 5.02 Å². The van der Waals surface area contributed by atoms with Gasteiger partial charge in [0.2, 0.25) is 5.91 Å². The summed E-state index contributed by atoms with van der Waals surface area (Å²) in [7, 11) is 0. The average Bonchev–Trinajstić information content (AvgIpc) is 3.95. The number of rotatable bonds is 8. The number of carbonyl (C=O) groups excluding carboxylic acids is 2. The summed E-state index contributed by atoms with van der Waals surface area (Å²) in [6, 6.07) is 7.26. The molecule has 2 atom stereocenters. The number of aromatic nitrogens is 3. The Hall–Kier alpha value is -4.56. The molecule has 2 saturated carbocycles. The number of nitrogens with two attached hydrogens (primary N) is 1. The number of halogens is 4. The fourth-order valence-corrected chi connectivity index (χ4v) is 6.58. The summed E-state index contributed by atoms with van der Waals surface area (Å²) in [4.78, 5) is 30.6. The number of ether oxygens (including phenoxy) is 3. The van der Waals surface area contributed by atoms with Gasteiger partial charge in [-0.15, -0.1) is 8.78 Å². The van der Waals surface area contributed by atoms with E-state index in [0.717, 1.165) is 12.8 Å². The number of hydrogen-bond donors (Lipinski definition) is 3. The van der Waals surface area contributed by atoms with Crippen LogP contribution >= 0.6 is 11.6 Å². The zero-order chi connectivity index (χ0) is 33.0. The first kappa shape index (κ1) is 29.8. The van der Waals surface area contributed by atoms with Crippen LogP contribution in [0.5, 0.6) is 17.2 Å². The number of nitrogens with zero attached hydrogens (tertiary/aromatic N) is 3. The van der Waals surface area contributed by atoms with E-state index >= 15 is 4.39 Å². The molecular formula is C32H27ClF3N5O6. The minimum Gasteiger partial charge on any atom is -0.489 e. The van der Waals surface area contributed by atoms with Gasteiger partial charge in [0, 0.05) is 22.7 Å². The number of aliphatic hydroxyl groups is 1. The van der Waals surface area contributed by atoms with E-state index in [1.807, 2.05) is 10.9 Å². The third-order valence-corrected chi connectivity index (χ3v) is 9.60. The highest BCUT2D eigenvalue weighted by Gasteiger charge is 2.53. The molecular weight excluding hydrogens is 643 g/mol. The second-order valence-electron chi connectivity index (χ2n) is 12.8. The van der Waals surface area contributed by atoms with Crippen LogP contribution in [-0.4, -0.2) is 51.1 Å². The highest BCUT2D eigenvalue weighted by molar-refractivity contribution is 6.35. The molecule has 2 fully saturated rings. The van der Waals surface area contributed by atoms with Crippen molar-refractivity contribution in [2.24, 2.45) is 11.7 Å². The molecule has 2 aromatic heterocycles. The van der Waals surface area contributed by atoms with Crippen molar-refractivity contribution in [1.82, 2.24) is 20.1 Å². The summed E-state index contributed by atoms with van der Waals surface area (Å²) in [6.45, 7) is 0.632. The average molecular weight is 670 g/mol. The number of carbonyl (C=O) groups is 2. The molecule has 244 valence electrons. The molecule has 47 heavy (non-hydrogen) atoms. The first-order valence-electron chi connectivity index (χ1n) is 15.0. The third-order valence-electron chi connectivity index (χ3n) is 9.31. The van der Waals surface area contributed by atoms with Gasteiger partial charge in [0.25, 0.3) is 5.91 Å². The number of hydrogen-bond acceptors (Lipinski definition) is 8. The van der Waals surface area contributed by atoms with Crippen molar-refractivity contribution >= 4 is 34.3 Å². The van der Waals surface area contributed by atoms with Crippen LogP contribution in [0.15, 0.2) is 36.5 Å². The van der Waals surface area contributed by atoms with Crippen molar-refractivity contribution in [3.05, 3.63) is 64.2 Å². The van der Waals surface area contributed by atoms with E-state index in [9.17, 15) is 23.5 Å². The first-order chi connectivity index (χ1) is 22.3. The molecule has 2 aromatic carbocycles.